The van der Waals surface area contributed by atoms with Crippen molar-refractivity contribution in [3.63, 3.8) is 0 Å². The Kier molecular flexibility index (Phi) is 3.15. The second-order valence-corrected chi connectivity index (χ2v) is 6.67. The molecular weight excluding hydrogens is 322 g/mol. The third-order valence-electron chi connectivity index (χ3n) is 4.33. The van der Waals surface area contributed by atoms with Crippen LogP contribution in [-0.4, -0.2) is 38.9 Å². The highest BCUT2D eigenvalue weighted by Crippen LogP contribution is 2.48. The Labute approximate surface area is 136 Å². The first-order chi connectivity index (χ1) is 10.9. The van der Waals surface area contributed by atoms with Crippen LogP contribution in [0.3, 0.4) is 0 Å². The normalized spacial score (nSPS) is 19.5. The van der Waals surface area contributed by atoms with Gasteiger partial charge in [0, 0.05) is 11.8 Å². The number of H-pyrrole nitrogens is 2. The minimum absolute atomic E-state index is 0.0780. The fraction of sp³-hybridized carbons (Fsp3) is 0.500. The molecule has 3 heterocycles. The van der Waals surface area contributed by atoms with Crippen LogP contribution in [0.15, 0.2) is 6.07 Å². The van der Waals surface area contributed by atoms with Crippen molar-refractivity contribution in [3.05, 3.63) is 22.3 Å². The summed E-state index contributed by atoms with van der Waals surface area (Å²) in [5.74, 6) is 0.152. The molecule has 1 aliphatic heterocycles. The van der Waals surface area contributed by atoms with Crippen LogP contribution in [-0.2, 0) is 0 Å². The SMILES string of the molecule is Cc1cc(Nc2[nH]c(=S)nc(N3CC(F)(C4CC4)C3)c2F)n[nH]1. The summed E-state index contributed by atoms with van der Waals surface area (Å²) in [6, 6.07) is 1.74. The van der Waals surface area contributed by atoms with E-state index >= 15 is 0 Å². The van der Waals surface area contributed by atoms with Gasteiger partial charge in [-0.2, -0.15) is 14.5 Å². The lowest BCUT2D eigenvalue weighted by Crippen LogP contribution is -2.61. The highest BCUT2D eigenvalue weighted by atomic mass is 32.1. The molecule has 23 heavy (non-hydrogen) atoms. The first-order valence-electron chi connectivity index (χ1n) is 7.47. The number of aromatic amines is 2. The maximum atomic E-state index is 14.7. The molecule has 0 amide bonds. The van der Waals surface area contributed by atoms with Crippen molar-refractivity contribution in [2.24, 2.45) is 5.92 Å². The quantitative estimate of drug-likeness (QED) is 0.748. The number of aromatic nitrogens is 4. The zero-order valence-electron chi connectivity index (χ0n) is 12.5. The van der Waals surface area contributed by atoms with Crippen LogP contribution in [0, 0.1) is 23.4 Å². The lowest BCUT2D eigenvalue weighted by Gasteiger charge is -2.45. The smallest absolute Gasteiger partial charge is 0.206 e. The summed E-state index contributed by atoms with van der Waals surface area (Å²) in [5, 5.41) is 9.59. The van der Waals surface area contributed by atoms with E-state index in [0.29, 0.717) is 5.82 Å². The number of nitrogens with one attached hydrogen (secondary N) is 3. The molecule has 2 aliphatic rings. The van der Waals surface area contributed by atoms with Gasteiger partial charge in [0.1, 0.15) is 5.67 Å². The minimum atomic E-state index is -1.21. The molecular formula is C14H16F2N6S. The van der Waals surface area contributed by atoms with E-state index in [1.165, 1.54) is 0 Å². The van der Waals surface area contributed by atoms with E-state index < -0.39 is 11.5 Å². The van der Waals surface area contributed by atoms with Gasteiger partial charge in [-0.1, -0.05) is 0 Å². The summed E-state index contributed by atoms with van der Waals surface area (Å²) in [5.41, 5.74) is -0.363. The van der Waals surface area contributed by atoms with Gasteiger partial charge in [0.15, 0.2) is 17.5 Å². The van der Waals surface area contributed by atoms with Gasteiger partial charge >= 0.3 is 0 Å². The van der Waals surface area contributed by atoms with Gasteiger partial charge in [-0.25, -0.2) is 4.39 Å². The van der Waals surface area contributed by atoms with E-state index in [1.54, 1.807) is 11.0 Å². The van der Waals surface area contributed by atoms with Crippen LogP contribution in [0.1, 0.15) is 18.5 Å². The van der Waals surface area contributed by atoms with E-state index in [2.05, 4.69) is 25.5 Å². The van der Waals surface area contributed by atoms with E-state index in [1.807, 2.05) is 6.92 Å². The molecule has 1 saturated heterocycles. The third kappa shape index (κ3) is 2.58. The Morgan fingerprint density at radius 1 is 1.43 bits per heavy atom. The van der Waals surface area contributed by atoms with Crippen LogP contribution in [0.5, 0.6) is 0 Å². The number of aryl methyl sites for hydroxylation is 1. The molecule has 0 unspecified atom stereocenters. The lowest BCUT2D eigenvalue weighted by molar-refractivity contribution is 0.0918. The molecule has 2 aromatic rings. The number of alkyl halides is 1. The first-order valence-corrected chi connectivity index (χ1v) is 7.88. The van der Waals surface area contributed by atoms with Gasteiger partial charge in [0.05, 0.1) is 13.1 Å². The standard InChI is InChI=1S/C14H16F2N6S/c1-7-4-9(21-20-7)17-11-10(15)12(19-13(23)18-11)22-5-14(16,6-22)8-2-3-8/h4,8H,2-3,5-6H2,1H3,(H3,17,18,19,20,21,23). The van der Waals surface area contributed by atoms with Crippen LogP contribution in [0.2, 0.25) is 0 Å². The Bertz CT molecular complexity index is 806. The second-order valence-electron chi connectivity index (χ2n) is 6.28. The number of anilines is 3. The highest BCUT2D eigenvalue weighted by molar-refractivity contribution is 7.71. The predicted molar refractivity (Wildman–Crippen MR) is 84.8 cm³/mol. The zero-order valence-corrected chi connectivity index (χ0v) is 13.3. The summed E-state index contributed by atoms with van der Waals surface area (Å²) in [7, 11) is 0. The lowest BCUT2D eigenvalue weighted by atomic mass is 9.91. The van der Waals surface area contributed by atoms with Gasteiger partial charge in [-0.15, -0.1) is 0 Å². The molecule has 1 saturated carbocycles. The average Bonchev–Trinajstić information content (AvgIpc) is 3.24. The van der Waals surface area contributed by atoms with Crippen LogP contribution in [0.25, 0.3) is 0 Å². The number of hydrogen-bond donors (Lipinski definition) is 3. The van der Waals surface area contributed by atoms with Crippen LogP contribution in [0.4, 0.5) is 26.2 Å². The summed E-state index contributed by atoms with van der Waals surface area (Å²) in [6.45, 7) is 2.18. The number of halogens is 2. The molecule has 0 spiro atoms. The van der Waals surface area contributed by atoms with E-state index in [-0.39, 0.29) is 35.4 Å². The first kappa shape index (κ1) is 14.6. The van der Waals surface area contributed by atoms with Crippen molar-refractivity contribution < 1.29 is 8.78 Å². The summed E-state index contributed by atoms with van der Waals surface area (Å²) in [6.07, 6.45) is 1.83. The van der Waals surface area contributed by atoms with Crippen LogP contribution >= 0.6 is 12.2 Å². The minimum Gasteiger partial charge on any atom is -0.347 e. The van der Waals surface area contributed by atoms with E-state index in [0.717, 1.165) is 18.5 Å². The van der Waals surface area contributed by atoms with Crippen molar-refractivity contribution in [2.75, 3.05) is 23.3 Å². The Morgan fingerprint density at radius 2 is 2.17 bits per heavy atom. The van der Waals surface area contributed by atoms with Crippen molar-refractivity contribution in [3.8, 4) is 0 Å². The van der Waals surface area contributed by atoms with Gasteiger partial charge in [-0.05, 0) is 37.9 Å². The van der Waals surface area contributed by atoms with Gasteiger partial charge in [-0.3, -0.25) is 5.10 Å². The molecule has 6 nitrogen and oxygen atoms in total. The second kappa shape index (κ2) is 4.98. The largest absolute Gasteiger partial charge is 0.347 e. The van der Waals surface area contributed by atoms with Crippen molar-refractivity contribution in [1.29, 1.82) is 0 Å². The fourth-order valence-corrected chi connectivity index (χ4v) is 3.14. The predicted octanol–water partition coefficient (Wildman–Crippen LogP) is 2.99. The van der Waals surface area contributed by atoms with Crippen LogP contribution < -0.4 is 10.2 Å². The third-order valence-corrected chi connectivity index (χ3v) is 4.52. The molecule has 2 aromatic heterocycles. The molecule has 0 aromatic carbocycles. The monoisotopic (exact) mass is 338 g/mol. The fourth-order valence-electron chi connectivity index (χ4n) is 2.95. The Morgan fingerprint density at radius 3 is 2.78 bits per heavy atom. The average molecular weight is 338 g/mol. The maximum Gasteiger partial charge on any atom is 0.206 e. The van der Waals surface area contributed by atoms with Gasteiger partial charge in [0.25, 0.3) is 0 Å². The molecule has 1 aliphatic carbocycles. The number of nitrogens with zero attached hydrogens (tertiary/aromatic N) is 3. The maximum absolute atomic E-state index is 14.7. The number of hydrogen-bond acceptors (Lipinski definition) is 5. The molecule has 4 rings (SSSR count). The molecule has 0 bridgehead atoms. The van der Waals surface area contributed by atoms with Crippen molar-refractivity contribution >= 4 is 29.7 Å². The van der Waals surface area contributed by atoms with E-state index in [4.69, 9.17) is 12.2 Å². The Balaban J connectivity index is 1.59. The van der Waals surface area contributed by atoms with Crippen molar-refractivity contribution in [2.45, 2.75) is 25.4 Å². The molecule has 3 N–H and O–H groups in total. The zero-order chi connectivity index (χ0) is 16.2. The van der Waals surface area contributed by atoms with Crippen molar-refractivity contribution in [1.82, 2.24) is 20.2 Å². The molecule has 2 fully saturated rings. The Hall–Kier alpha value is -2.03. The molecule has 122 valence electrons. The van der Waals surface area contributed by atoms with E-state index in [9.17, 15) is 8.78 Å². The summed E-state index contributed by atoms with van der Waals surface area (Å²) < 4.78 is 29.3. The molecule has 0 atom stereocenters. The summed E-state index contributed by atoms with van der Waals surface area (Å²) in [4.78, 5) is 8.29. The highest BCUT2D eigenvalue weighted by Gasteiger charge is 2.54. The topological polar surface area (TPSA) is 72.6 Å². The molecule has 9 heteroatoms. The van der Waals surface area contributed by atoms with Gasteiger partial charge < -0.3 is 15.2 Å². The summed E-state index contributed by atoms with van der Waals surface area (Å²) >= 11 is 5.06. The molecule has 0 radical (unpaired) electrons. The number of rotatable bonds is 4. The van der Waals surface area contributed by atoms with Gasteiger partial charge in [0.2, 0.25) is 10.6 Å².